The van der Waals surface area contributed by atoms with Crippen LogP contribution in [0.25, 0.3) is 16.7 Å². The van der Waals surface area contributed by atoms with Crippen molar-refractivity contribution < 1.29 is 26.5 Å². The molecule has 1 saturated heterocycles. The third kappa shape index (κ3) is 8.37. The Balaban J connectivity index is 1.47. The van der Waals surface area contributed by atoms with Crippen LogP contribution in [0.5, 0.6) is 5.75 Å². The topological polar surface area (TPSA) is 120 Å². The standard InChI is InChI=1S/C28H45N5O6SSi/c1-21(38-40(5,34)35)15-18-36-16-10-11-25-29-20-32(30-25)27-23-19-22(39-41(6,7)28(2,3)4)13-14-24(23)33(31-27)26-12-8-9-17-37-26/h13-14,19-21,26H,8-12,15-18H2,1-7H3. The molecule has 0 aliphatic carbocycles. The molecule has 41 heavy (non-hydrogen) atoms. The van der Waals surface area contributed by atoms with E-state index < -0.39 is 24.5 Å². The molecule has 4 rings (SSSR count). The molecule has 13 heteroatoms. The Labute approximate surface area is 244 Å². The highest BCUT2D eigenvalue weighted by Gasteiger charge is 2.39. The lowest BCUT2D eigenvalue weighted by atomic mass is 10.2. The highest BCUT2D eigenvalue weighted by Crippen LogP contribution is 2.39. The maximum atomic E-state index is 11.2. The zero-order chi connectivity index (χ0) is 29.8. The van der Waals surface area contributed by atoms with Crippen molar-refractivity contribution in [2.45, 2.75) is 96.7 Å². The number of ether oxygens (including phenoxy) is 2. The molecule has 1 fully saturated rings. The number of benzene rings is 1. The second kappa shape index (κ2) is 12.9. The van der Waals surface area contributed by atoms with Gasteiger partial charge in [0.05, 0.1) is 23.3 Å². The molecule has 1 aliphatic rings. The smallest absolute Gasteiger partial charge is 0.264 e. The van der Waals surface area contributed by atoms with Gasteiger partial charge in [-0.25, -0.2) is 9.67 Å². The molecule has 1 aliphatic heterocycles. The minimum Gasteiger partial charge on any atom is -0.543 e. The van der Waals surface area contributed by atoms with E-state index in [2.05, 4.69) is 51.0 Å². The van der Waals surface area contributed by atoms with E-state index in [0.717, 1.165) is 55.2 Å². The number of hydrogen-bond donors (Lipinski definition) is 0. The van der Waals surface area contributed by atoms with Crippen LogP contribution in [0, 0.1) is 0 Å². The molecule has 3 heterocycles. The van der Waals surface area contributed by atoms with Gasteiger partial charge in [-0.1, -0.05) is 20.8 Å². The number of aryl methyl sites for hydroxylation is 1. The van der Waals surface area contributed by atoms with E-state index in [1.165, 1.54) is 0 Å². The van der Waals surface area contributed by atoms with Crippen molar-refractivity contribution in [3.05, 3.63) is 30.4 Å². The van der Waals surface area contributed by atoms with E-state index in [0.29, 0.717) is 37.7 Å². The van der Waals surface area contributed by atoms with Crippen molar-refractivity contribution in [2.24, 2.45) is 0 Å². The fraction of sp³-hybridized carbons (Fsp3) is 0.679. The van der Waals surface area contributed by atoms with Crippen LogP contribution in [-0.4, -0.2) is 73.5 Å². The highest BCUT2D eigenvalue weighted by molar-refractivity contribution is 7.86. The van der Waals surface area contributed by atoms with Gasteiger partial charge in [-0.3, -0.25) is 4.18 Å². The van der Waals surface area contributed by atoms with Gasteiger partial charge in [0, 0.05) is 26.2 Å². The molecule has 0 radical (unpaired) electrons. The van der Waals surface area contributed by atoms with Crippen molar-refractivity contribution in [3.8, 4) is 11.6 Å². The molecule has 0 amide bonds. The second-order valence-electron chi connectivity index (χ2n) is 12.4. The SMILES string of the molecule is CC(CCOCCCc1ncn(-c2nn(C3CCCCO3)c3ccc(O[Si](C)(C)C(C)(C)C)cc23)n1)OS(C)(=O)=O. The minimum atomic E-state index is -3.46. The normalized spacial score (nSPS) is 17.7. The largest absolute Gasteiger partial charge is 0.543 e. The van der Waals surface area contributed by atoms with Gasteiger partial charge in [-0.2, -0.15) is 13.1 Å². The second-order valence-corrected chi connectivity index (χ2v) is 18.7. The molecule has 0 bridgehead atoms. The lowest BCUT2D eigenvalue weighted by Crippen LogP contribution is -2.43. The van der Waals surface area contributed by atoms with Crippen LogP contribution in [0.2, 0.25) is 18.1 Å². The molecule has 0 spiro atoms. The number of hydrogen-bond acceptors (Lipinski definition) is 9. The Bertz CT molecular complexity index is 1410. The molecule has 2 atom stereocenters. The van der Waals surface area contributed by atoms with Crippen LogP contribution < -0.4 is 4.43 Å². The van der Waals surface area contributed by atoms with Crippen molar-refractivity contribution >= 4 is 29.3 Å². The summed E-state index contributed by atoms with van der Waals surface area (Å²) in [6, 6.07) is 6.18. The van der Waals surface area contributed by atoms with Gasteiger partial charge in [-0.15, -0.1) is 10.2 Å². The maximum absolute atomic E-state index is 11.2. The summed E-state index contributed by atoms with van der Waals surface area (Å²) >= 11 is 0. The molecule has 11 nitrogen and oxygen atoms in total. The first-order valence-electron chi connectivity index (χ1n) is 14.4. The fourth-order valence-corrected chi connectivity index (χ4v) is 6.18. The highest BCUT2D eigenvalue weighted by atomic mass is 32.2. The summed E-state index contributed by atoms with van der Waals surface area (Å²) in [5.74, 6) is 2.24. The van der Waals surface area contributed by atoms with Crippen LogP contribution >= 0.6 is 0 Å². The monoisotopic (exact) mass is 607 g/mol. The summed E-state index contributed by atoms with van der Waals surface area (Å²) in [7, 11) is -5.48. The minimum absolute atomic E-state index is 0.0810. The van der Waals surface area contributed by atoms with Crippen molar-refractivity contribution in [1.82, 2.24) is 24.5 Å². The molecular formula is C28H45N5O6SSi. The van der Waals surface area contributed by atoms with Gasteiger partial charge in [0.2, 0.25) is 8.32 Å². The summed E-state index contributed by atoms with van der Waals surface area (Å²) in [6.45, 7) is 14.6. The van der Waals surface area contributed by atoms with E-state index in [-0.39, 0.29) is 11.3 Å². The Morgan fingerprint density at radius 3 is 2.63 bits per heavy atom. The Morgan fingerprint density at radius 1 is 1.17 bits per heavy atom. The van der Waals surface area contributed by atoms with Crippen LogP contribution in [-0.2, 0) is 30.2 Å². The van der Waals surface area contributed by atoms with Crippen molar-refractivity contribution in [1.29, 1.82) is 0 Å². The van der Waals surface area contributed by atoms with Gasteiger partial charge < -0.3 is 13.9 Å². The molecule has 0 saturated carbocycles. The van der Waals surface area contributed by atoms with E-state index >= 15 is 0 Å². The Hall–Kier alpha value is -2.32. The summed E-state index contributed by atoms with van der Waals surface area (Å²) in [6.07, 6.45) is 7.20. The van der Waals surface area contributed by atoms with Crippen LogP contribution in [0.3, 0.4) is 0 Å². The van der Waals surface area contributed by atoms with Gasteiger partial charge >= 0.3 is 0 Å². The number of fused-ring (bicyclic) bond motifs is 1. The predicted octanol–water partition coefficient (Wildman–Crippen LogP) is 5.40. The summed E-state index contributed by atoms with van der Waals surface area (Å²) < 4.78 is 49.4. The Morgan fingerprint density at radius 2 is 1.95 bits per heavy atom. The molecule has 228 valence electrons. The molecule has 3 aromatic rings. The van der Waals surface area contributed by atoms with Crippen LogP contribution in [0.4, 0.5) is 0 Å². The van der Waals surface area contributed by atoms with E-state index in [4.69, 9.17) is 28.3 Å². The molecular weight excluding hydrogens is 562 g/mol. The first kappa shape index (κ1) is 31.6. The van der Waals surface area contributed by atoms with Gasteiger partial charge in [0.25, 0.3) is 10.1 Å². The van der Waals surface area contributed by atoms with E-state index in [1.807, 2.05) is 10.7 Å². The zero-order valence-electron chi connectivity index (χ0n) is 25.4. The number of aromatic nitrogens is 5. The zero-order valence-corrected chi connectivity index (χ0v) is 27.2. The van der Waals surface area contributed by atoms with Crippen LogP contribution in [0.15, 0.2) is 24.5 Å². The third-order valence-electron chi connectivity index (χ3n) is 7.72. The lowest BCUT2D eigenvalue weighted by molar-refractivity contribution is -0.0367. The number of rotatable bonds is 13. The van der Waals surface area contributed by atoms with E-state index in [1.54, 1.807) is 17.9 Å². The summed E-state index contributed by atoms with van der Waals surface area (Å²) in [5, 5.41) is 10.7. The lowest BCUT2D eigenvalue weighted by Gasteiger charge is -2.36. The first-order valence-corrected chi connectivity index (χ1v) is 19.2. The molecule has 2 aromatic heterocycles. The van der Waals surface area contributed by atoms with Gasteiger partial charge in [-0.05, 0) is 75.4 Å². The average molecular weight is 608 g/mol. The first-order chi connectivity index (χ1) is 19.2. The molecule has 2 unspecified atom stereocenters. The van der Waals surface area contributed by atoms with E-state index in [9.17, 15) is 8.42 Å². The average Bonchev–Trinajstić information content (AvgIpc) is 3.49. The van der Waals surface area contributed by atoms with Gasteiger partial charge in [0.1, 0.15) is 12.1 Å². The predicted molar refractivity (Wildman–Crippen MR) is 160 cm³/mol. The third-order valence-corrected chi connectivity index (χ3v) is 12.8. The summed E-state index contributed by atoms with van der Waals surface area (Å²) in [5.41, 5.74) is 0.981. The fourth-order valence-electron chi connectivity index (χ4n) is 4.46. The number of nitrogens with zero attached hydrogens (tertiary/aromatic N) is 5. The molecule has 1 aromatic carbocycles. The summed E-state index contributed by atoms with van der Waals surface area (Å²) in [4.78, 5) is 4.53. The Kier molecular flexibility index (Phi) is 9.95. The van der Waals surface area contributed by atoms with Gasteiger partial charge in [0.15, 0.2) is 17.9 Å². The maximum Gasteiger partial charge on any atom is 0.264 e. The quantitative estimate of drug-likeness (QED) is 0.143. The van der Waals surface area contributed by atoms with Crippen molar-refractivity contribution in [3.63, 3.8) is 0 Å². The van der Waals surface area contributed by atoms with Crippen LogP contribution in [0.1, 0.15) is 71.9 Å². The molecule has 0 N–H and O–H groups in total. The van der Waals surface area contributed by atoms with Crippen molar-refractivity contribution in [2.75, 3.05) is 26.1 Å².